The van der Waals surface area contributed by atoms with Gasteiger partial charge in [0.15, 0.2) is 0 Å². The Bertz CT molecular complexity index is 429. The van der Waals surface area contributed by atoms with E-state index in [1.807, 2.05) is 13.2 Å². The topological polar surface area (TPSA) is 35.5 Å². The van der Waals surface area contributed by atoms with Crippen LogP contribution in [-0.4, -0.2) is 35.0 Å². The summed E-state index contributed by atoms with van der Waals surface area (Å²) >= 11 is -1.24. The van der Waals surface area contributed by atoms with Crippen LogP contribution in [0.5, 0.6) is 0 Å². The summed E-state index contributed by atoms with van der Waals surface area (Å²) in [5.74, 6) is 1.27. The van der Waals surface area contributed by atoms with Crippen LogP contribution >= 0.6 is 0 Å². The molecule has 0 heterocycles. The summed E-state index contributed by atoms with van der Waals surface area (Å²) < 4.78 is 11.6. The summed E-state index contributed by atoms with van der Waals surface area (Å²) in [4.78, 5) is 12.6. The van der Waals surface area contributed by atoms with E-state index in [1.165, 1.54) is 10.6 Å². The third-order valence-corrected chi connectivity index (χ3v) is 14.5. The van der Waals surface area contributed by atoms with E-state index < -0.39 is 22.5 Å². The summed E-state index contributed by atoms with van der Waals surface area (Å²) in [6.07, 6.45) is 4.69. The molecule has 0 saturated heterocycles. The van der Waals surface area contributed by atoms with Crippen LogP contribution in [0.4, 0.5) is 0 Å². The Kier molecular flexibility index (Phi) is 11.5. The second-order valence-electron chi connectivity index (χ2n) is 9.86. The van der Waals surface area contributed by atoms with Crippen molar-refractivity contribution in [3.63, 3.8) is 0 Å². The van der Waals surface area contributed by atoms with E-state index in [1.54, 1.807) is 0 Å². The number of hydrogen-bond donors (Lipinski definition) is 0. The fourth-order valence-electron chi connectivity index (χ4n) is 2.96. The molecule has 0 aliphatic rings. The van der Waals surface area contributed by atoms with Crippen molar-refractivity contribution in [2.75, 3.05) is 6.61 Å². The minimum Gasteiger partial charge on any atom is -0.549 e. The highest BCUT2D eigenvalue weighted by molar-refractivity contribution is 6.74. The zero-order valence-electron chi connectivity index (χ0n) is 19.0. The van der Waals surface area contributed by atoms with Gasteiger partial charge in [-0.15, -0.1) is 0 Å². The van der Waals surface area contributed by atoms with Crippen LogP contribution in [0.25, 0.3) is 0 Å². The van der Waals surface area contributed by atoms with Gasteiger partial charge < -0.3 is 9.16 Å². The molecule has 3 nitrogen and oxygen atoms in total. The monoisotopic (exact) mass is 398 g/mol. The average molecular weight is 399 g/mol. The molecular weight excluding hydrogens is 355 g/mol. The van der Waals surface area contributed by atoms with Crippen LogP contribution < -0.4 is 0 Å². The summed E-state index contributed by atoms with van der Waals surface area (Å²) in [6, 6.07) is 0. The molecule has 0 aliphatic heterocycles. The van der Waals surface area contributed by atoms with Gasteiger partial charge in [-0.3, -0.25) is 4.79 Å². The second kappa shape index (κ2) is 11.6. The van der Waals surface area contributed by atoms with Gasteiger partial charge >= 0.3 is 0 Å². The maximum absolute atomic E-state index is 12.6. The smallest absolute Gasteiger partial charge is 0.295 e. The van der Waals surface area contributed by atoms with E-state index in [0.717, 1.165) is 6.42 Å². The minimum atomic E-state index is -1.79. The van der Waals surface area contributed by atoms with Crippen LogP contribution in [-0.2, 0) is 14.0 Å². The largest absolute Gasteiger partial charge is 0.549 e. The molecule has 0 spiro atoms. The first-order chi connectivity index (χ1) is 11.8. The molecule has 0 rings (SSSR count). The van der Waals surface area contributed by atoms with Crippen LogP contribution in [0.3, 0.4) is 0 Å². The van der Waals surface area contributed by atoms with Crippen molar-refractivity contribution in [3.05, 3.63) is 12.3 Å². The summed E-state index contributed by atoms with van der Waals surface area (Å²) in [5.41, 5.74) is 0. The lowest BCUT2D eigenvalue weighted by Crippen LogP contribution is -2.39. The number of hydrogen-bond acceptors (Lipinski definition) is 3. The van der Waals surface area contributed by atoms with Crippen molar-refractivity contribution in [3.8, 4) is 0 Å². The first-order valence-electron chi connectivity index (χ1n) is 10.3. The van der Waals surface area contributed by atoms with Crippen molar-refractivity contribution in [1.82, 2.24) is 0 Å². The Balaban J connectivity index is 5.18. The highest BCUT2D eigenvalue weighted by Gasteiger charge is 2.38. The first-order valence-corrected chi connectivity index (χ1v) is 15.5. The summed E-state index contributed by atoms with van der Waals surface area (Å²) in [5, 5.41) is 2.57. The molecule has 1 unspecified atom stereocenters. The maximum Gasteiger partial charge on any atom is 0.295 e. The molecule has 5 heteroatoms. The molecule has 0 aromatic rings. The Morgan fingerprint density at radius 3 is 1.96 bits per heavy atom. The van der Waals surface area contributed by atoms with Gasteiger partial charge in [0.05, 0.1) is 12.9 Å². The summed E-state index contributed by atoms with van der Waals surface area (Å²) in [6.45, 7) is 22.6. The molecular formula is C21H43AlO3Si. The SMILES string of the molecule is CCOC(=O)[CH](C/C=C/O[Si](C)(C)C(C)(C)C)[Al]([CH2]C(C)C)[CH2]C(C)C. The zero-order valence-corrected chi connectivity index (χ0v) is 21.2. The van der Waals surface area contributed by atoms with E-state index in [-0.39, 0.29) is 15.8 Å². The molecule has 0 aliphatic carbocycles. The quantitative estimate of drug-likeness (QED) is 0.222. The molecule has 0 N–H and O–H groups in total. The van der Waals surface area contributed by atoms with E-state index >= 15 is 0 Å². The van der Waals surface area contributed by atoms with E-state index in [9.17, 15) is 4.79 Å². The zero-order chi connectivity index (χ0) is 20.5. The van der Waals surface area contributed by atoms with Crippen molar-refractivity contribution in [1.29, 1.82) is 0 Å². The number of rotatable bonds is 11. The predicted octanol–water partition coefficient (Wildman–Crippen LogP) is 6.65. The molecule has 0 aromatic heterocycles. The third-order valence-electron chi connectivity index (χ3n) is 5.36. The van der Waals surface area contributed by atoms with Crippen molar-refractivity contribution in [2.24, 2.45) is 11.8 Å². The van der Waals surface area contributed by atoms with Gasteiger partial charge in [-0.1, -0.05) is 76.9 Å². The van der Waals surface area contributed by atoms with Gasteiger partial charge in [-0.05, 0) is 31.5 Å². The molecule has 152 valence electrons. The summed E-state index contributed by atoms with van der Waals surface area (Å²) in [7, 11) is -1.79. The molecule has 0 saturated carbocycles. The van der Waals surface area contributed by atoms with Gasteiger partial charge in [-0.2, -0.15) is 0 Å². The molecule has 0 aromatic carbocycles. The molecule has 0 bridgehead atoms. The molecule has 0 radical (unpaired) electrons. The number of ether oxygens (including phenoxy) is 1. The van der Waals surface area contributed by atoms with Crippen molar-refractivity contribution < 1.29 is 14.0 Å². The highest BCUT2D eigenvalue weighted by Crippen LogP contribution is 2.37. The first kappa shape index (κ1) is 25.8. The fourth-order valence-corrected chi connectivity index (χ4v) is 8.05. The van der Waals surface area contributed by atoms with Gasteiger partial charge in [0.2, 0.25) is 8.32 Å². The van der Waals surface area contributed by atoms with Crippen LogP contribution in [0.2, 0.25) is 33.5 Å². The molecule has 1 atom stereocenters. The lowest BCUT2D eigenvalue weighted by molar-refractivity contribution is -0.143. The maximum atomic E-state index is 12.6. The average Bonchev–Trinajstić information content (AvgIpc) is 2.44. The minimum absolute atomic E-state index is 0.00226. The molecule has 0 fully saturated rings. The number of allylic oxidation sites excluding steroid dienone is 1. The van der Waals surface area contributed by atoms with Crippen molar-refractivity contribution in [2.45, 2.75) is 95.3 Å². The lowest BCUT2D eigenvalue weighted by atomic mass is 10.2. The number of esters is 1. The van der Waals surface area contributed by atoms with Gasteiger partial charge in [-0.25, -0.2) is 0 Å². The number of carbonyl (C=O) groups is 1. The second-order valence-corrected chi connectivity index (χ2v) is 17.9. The lowest BCUT2D eigenvalue weighted by Gasteiger charge is -2.35. The van der Waals surface area contributed by atoms with Crippen LogP contribution in [0.15, 0.2) is 12.3 Å². The van der Waals surface area contributed by atoms with Crippen LogP contribution in [0.1, 0.15) is 61.8 Å². The predicted molar refractivity (Wildman–Crippen MR) is 117 cm³/mol. The van der Waals surface area contributed by atoms with Gasteiger partial charge in [0, 0.05) is 4.78 Å². The highest BCUT2D eigenvalue weighted by atomic mass is 28.4. The molecule has 0 amide bonds. The van der Waals surface area contributed by atoms with Crippen molar-refractivity contribution >= 4 is 28.4 Å². The van der Waals surface area contributed by atoms with E-state index in [2.05, 4.69) is 67.6 Å². The Labute approximate surface area is 168 Å². The van der Waals surface area contributed by atoms with Crippen LogP contribution in [0, 0.1) is 11.8 Å². The van der Waals surface area contributed by atoms with E-state index in [0.29, 0.717) is 18.4 Å². The normalized spacial score (nSPS) is 14.2. The Morgan fingerprint density at radius 2 is 1.58 bits per heavy atom. The Hall–Kier alpha value is -0.241. The van der Waals surface area contributed by atoms with Gasteiger partial charge in [0.25, 0.3) is 20.1 Å². The Morgan fingerprint density at radius 1 is 1.08 bits per heavy atom. The standard InChI is InChI=1S/C13H25O3Si.2C4H9.Al/c1-7-15-12(14)10-8-9-11-16-17(5,6)13(2,3)4;2*1-4(2)3;/h9-11H,7-8H2,1-6H3;2*4H,1H2,2-3H3;/b11-9+;;;. The van der Waals surface area contributed by atoms with Gasteiger partial charge in [0.1, 0.15) is 0 Å². The molecule has 26 heavy (non-hydrogen) atoms. The van der Waals surface area contributed by atoms with E-state index in [4.69, 9.17) is 9.16 Å². The fraction of sp³-hybridized carbons (Fsp3) is 0.857. The third kappa shape index (κ3) is 9.62. The number of carbonyl (C=O) groups excluding carboxylic acids is 1.